The Hall–Kier alpha value is -1.60. The highest BCUT2D eigenvalue weighted by Gasteiger charge is 2.24. The van der Waals surface area contributed by atoms with Crippen molar-refractivity contribution in [1.29, 1.82) is 5.26 Å². The Labute approximate surface area is 89.3 Å². The maximum absolute atomic E-state index is 8.81. The normalized spacial score (nSPS) is 20.3. The number of hydrogen-bond donors (Lipinski definition) is 1. The molecular weight excluding hydrogens is 188 g/mol. The lowest BCUT2D eigenvalue weighted by Gasteiger charge is -2.24. The zero-order valence-electron chi connectivity index (χ0n) is 8.56. The molecule has 2 heterocycles. The van der Waals surface area contributed by atoms with Gasteiger partial charge in [0.05, 0.1) is 11.6 Å². The molecule has 1 saturated heterocycles. The van der Waals surface area contributed by atoms with Crippen molar-refractivity contribution in [2.24, 2.45) is 5.73 Å². The second-order valence-electron chi connectivity index (χ2n) is 3.74. The van der Waals surface area contributed by atoms with Gasteiger partial charge in [-0.15, -0.1) is 0 Å². The summed E-state index contributed by atoms with van der Waals surface area (Å²) in [6, 6.07) is 6.05. The summed E-state index contributed by atoms with van der Waals surface area (Å²) in [4.78, 5) is 6.48. The van der Waals surface area contributed by atoms with Crippen molar-refractivity contribution in [1.82, 2.24) is 4.98 Å². The first kappa shape index (κ1) is 9.94. The molecule has 1 atom stereocenters. The summed E-state index contributed by atoms with van der Waals surface area (Å²) < 4.78 is 0. The van der Waals surface area contributed by atoms with Crippen LogP contribution < -0.4 is 10.6 Å². The number of anilines is 1. The quantitative estimate of drug-likeness (QED) is 0.773. The van der Waals surface area contributed by atoms with Crippen LogP contribution >= 0.6 is 0 Å². The smallest absolute Gasteiger partial charge is 0.130 e. The van der Waals surface area contributed by atoms with Gasteiger partial charge in [0, 0.05) is 25.3 Å². The Morgan fingerprint density at radius 1 is 1.67 bits per heavy atom. The molecule has 2 rings (SSSR count). The third-order valence-corrected chi connectivity index (χ3v) is 2.82. The molecule has 0 radical (unpaired) electrons. The number of nitrogens with zero attached hydrogens (tertiary/aromatic N) is 3. The van der Waals surface area contributed by atoms with E-state index >= 15 is 0 Å². The highest BCUT2D eigenvalue weighted by atomic mass is 15.2. The van der Waals surface area contributed by atoms with Crippen molar-refractivity contribution < 1.29 is 0 Å². The number of aromatic nitrogens is 1. The van der Waals surface area contributed by atoms with Crippen LogP contribution in [0, 0.1) is 11.3 Å². The van der Waals surface area contributed by atoms with E-state index in [0.29, 0.717) is 18.2 Å². The molecular formula is C11H14N4. The van der Waals surface area contributed by atoms with Crippen molar-refractivity contribution in [2.75, 3.05) is 18.0 Å². The molecule has 0 aromatic carbocycles. The van der Waals surface area contributed by atoms with Gasteiger partial charge in [-0.1, -0.05) is 0 Å². The van der Waals surface area contributed by atoms with E-state index < -0.39 is 0 Å². The summed E-state index contributed by atoms with van der Waals surface area (Å²) in [5.74, 6) is 0.877. The van der Waals surface area contributed by atoms with Crippen molar-refractivity contribution in [3.05, 3.63) is 23.9 Å². The molecule has 0 amide bonds. The SMILES string of the molecule is N#Cc1ccnc(N2CCC[C@@H]2CN)c1. The Bertz CT molecular complexity index is 382. The maximum atomic E-state index is 8.81. The molecule has 0 bridgehead atoms. The van der Waals surface area contributed by atoms with Gasteiger partial charge in [0.25, 0.3) is 0 Å². The predicted octanol–water partition coefficient (Wildman–Crippen LogP) is 0.881. The summed E-state index contributed by atoms with van der Waals surface area (Å²) >= 11 is 0. The molecule has 4 heteroatoms. The zero-order valence-corrected chi connectivity index (χ0v) is 8.56. The number of nitriles is 1. The molecule has 1 aliphatic heterocycles. The number of hydrogen-bond acceptors (Lipinski definition) is 4. The number of nitrogens with two attached hydrogens (primary N) is 1. The van der Waals surface area contributed by atoms with Gasteiger partial charge in [0.1, 0.15) is 5.82 Å². The fraction of sp³-hybridized carbons (Fsp3) is 0.455. The summed E-state index contributed by atoms with van der Waals surface area (Å²) in [6.45, 7) is 1.64. The fourth-order valence-corrected chi connectivity index (χ4v) is 2.03. The first-order chi connectivity index (χ1) is 7.35. The summed E-state index contributed by atoms with van der Waals surface area (Å²) in [7, 11) is 0. The summed E-state index contributed by atoms with van der Waals surface area (Å²) in [5.41, 5.74) is 6.35. The third kappa shape index (κ3) is 1.92. The van der Waals surface area contributed by atoms with E-state index in [-0.39, 0.29) is 0 Å². The maximum Gasteiger partial charge on any atom is 0.130 e. The standard InChI is InChI=1S/C11H14N4/c12-7-9-3-4-14-11(6-9)15-5-1-2-10(15)8-13/h3-4,6,10H,1-2,5,8,13H2/t10-/m1/s1. The summed E-state index contributed by atoms with van der Waals surface area (Å²) in [5, 5.41) is 8.81. The lowest BCUT2D eigenvalue weighted by molar-refractivity contribution is 0.671. The van der Waals surface area contributed by atoms with Gasteiger partial charge in [-0.05, 0) is 25.0 Å². The fourth-order valence-electron chi connectivity index (χ4n) is 2.03. The van der Waals surface area contributed by atoms with Crippen molar-refractivity contribution in [2.45, 2.75) is 18.9 Å². The van der Waals surface area contributed by atoms with Crippen molar-refractivity contribution in [3.63, 3.8) is 0 Å². The monoisotopic (exact) mass is 202 g/mol. The molecule has 2 N–H and O–H groups in total. The molecule has 1 aliphatic rings. The van der Waals surface area contributed by atoms with E-state index in [0.717, 1.165) is 25.2 Å². The number of pyridine rings is 1. The van der Waals surface area contributed by atoms with E-state index in [1.165, 1.54) is 0 Å². The molecule has 0 aliphatic carbocycles. The van der Waals surface area contributed by atoms with Crippen LogP contribution in [0.1, 0.15) is 18.4 Å². The summed E-state index contributed by atoms with van der Waals surface area (Å²) in [6.07, 6.45) is 3.95. The lowest BCUT2D eigenvalue weighted by Crippen LogP contribution is -2.35. The van der Waals surface area contributed by atoms with Gasteiger partial charge < -0.3 is 10.6 Å². The highest BCUT2D eigenvalue weighted by Crippen LogP contribution is 2.23. The molecule has 4 nitrogen and oxygen atoms in total. The van der Waals surface area contributed by atoms with Gasteiger partial charge in [0.15, 0.2) is 0 Å². The van der Waals surface area contributed by atoms with E-state index in [9.17, 15) is 0 Å². The average molecular weight is 202 g/mol. The Kier molecular flexibility index (Phi) is 2.84. The predicted molar refractivity (Wildman–Crippen MR) is 58.4 cm³/mol. The number of rotatable bonds is 2. The molecule has 1 aromatic rings. The minimum absolute atomic E-state index is 0.381. The van der Waals surface area contributed by atoms with Crippen LogP contribution in [0.3, 0.4) is 0 Å². The second kappa shape index (κ2) is 4.28. The average Bonchev–Trinajstić information content (AvgIpc) is 2.77. The highest BCUT2D eigenvalue weighted by molar-refractivity contribution is 5.46. The third-order valence-electron chi connectivity index (χ3n) is 2.82. The van der Waals surface area contributed by atoms with Crippen LogP contribution in [0.2, 0.25) is 0 Å². The van der Waals surface area contributed by atoms with E-state index in [2.05, 4.69) is 16.0 Å². The van der Waals surface area contributed by atoms with Gasteiger partial charge in [0.2, 0.25) is 0 Å². The van der Waals surface area contributed by atoms with Gasteiger partial charge in [-0.3, -0.25) is 0 Å². The molecule has 1 fully saturated rings. The van der Waals surface area contributed by atoms with Gasteiger partial charge >= 0.3 is 0 Å². The first-order valence-electron chi connectivity index (χ1n) is 5.18. The Morgan fingerprint density at radius 3 is 3.27 bits per heavy atom. The molecule has 1 aromatic heterocycles. The second-order valence-corrected chi connectivity index (χ2v) is 3.74. The van der Waals surface area contributed by atoms with E-state index in [1.54, 1.807) is 12.3 Å². The Balaban J connectivity index is 2.25. The van der Waals surface area contributed by atoms with Crippen LogP contribution in [0.5, 0.6) is 0 Å². The molecule has 78 valence electrons. The zero-order chi connectivity index (χ0) is 10.7. The van der Waals surface area contributed by atoms with Crippen LogP contribution in [0.15, 0.2) is 18.3 Å². The molecule has 0 unspecified atom stereocenters. The van der Waals surface area contributed by atoms with Crippen LogP contribution in [-0.2, 0) is 0 Å². The topological polar surface area (TPSA) is 65.9 Å². The molecule has 0 spiro atoms. The van der Waals surface area contributed by atoms with Gasteiger partial charge in [-0.2, -0.15) is 5.26 Å². The van der Waals surface area contributed by atoms with E-state index in [1.807, 2.05) is 6.07 Å². The molecule has 15 heavy (non-hydrogen) atoms. The molecule has 0 saturated carbocycles. The van der Waals surface area contributed by atoms with Crippen molar-refractivity contribution >= 4 is 5.82 Å². The first-order valence-corrected chi connectivity index (χ1v) is 5.18. The minimum atomic E-state index is 0.381. The van der Waals surface area contributed by atoms with Crippen LogP contribution in [0.25, 0.3) is 0 Å². The van der Waals surface area contributed by atoms with Crippen molar-refractivity contribution in [3.8, 4) is 6.07 Å². The van der Waals surface area contributed by atoms with Gasteiger partial charge in [-0.25, -0.2) is 4.98 Å². The lowest BCUT2D eigenvalue weighted by atomic mass is 10.2. The largest absolute Gasteiger partial charge is 0.352 e. The van der Waals surface area contributed by atoms with Crippen LogP contribution in [0.4, 0.5) is 5.82 Å². The Morgan fingerprint density at radius 2 is 2.53 bits per heavy atom. The minimum Gasteiger partial charge on any atom is -0.352 e. The van der Waals surface area contributed by atoms with E-state index in [4.69, 9.17) is 11.0 Å². The van der Waals surface area contributed by atoms with Crippen LogP contribution in [-0.4, -0.2) is 24.1 Å².